The quantitative estimate of drug-likeness (QED) is 0.544. The summed E-state index contributed by atoms with van der Waals surface area (Å²) >= 11 is 0. The van der Waals surface area contributed by atoms with Crippen LogP contribution in [0.2, 0.25) is 0 Å². The lowest BCUT2D eigenvalue weighted by molar-refractivity contribution is -0.129. The molecule has 1 aliphatic rings. The van der Waals surface area contributed by atoms with Crippen molar-refractivity contribution in [3.8, 4) is 6.07 Å². The lowest BCUT2D eigenvalue weighted by Crippen LogP contribution is -2.47. The highest BCUT2D eigenvalue weighted by Gasteiger charge is 2.25. The maximum absolute atomic E-state index is 13.1. The van der Waals surface area contributed by atoms with E-state index < -0.39 is 0 Å². The summed E-state index contributed by atoms with van der Waals surface area (Å²) in [5.74, 6) is -0.111. The van der Waals surface area contributed by atoms with Crippen LogP contribution in [0.5, 0.6) is 0 Å². The Morgan fingerprint density at radius 2 is 1.83 bits per heavy atom. The lowest BCUT2D eigenvalue weighted by Gasteiger charge is -2.34. The Morgan fingerprint density at radius 1 is 1.13 bits per heavy atom. The molecule has 156 valence electrons. The molecule has 0 atom stereocenters. The summed E-state index contributed by atoms with van der Waals surface area (Å²) in [4.78, 5) is 30.8. The molecule has 0 N–H and O–H groups in total. The van der Waals surface area contributed by atoms with Crippen molar-refractivity contribution in [2.75, 3.05) is 26.2 Å². The summed E-state index contributed by atoms with van der Waals surface area (Å²) in [6.07, 6.45) is 3.10. The maximum Gasteiger partial charge on any atom is 0.289 e. The van der Waals surface area contributed by atoms with E-state index in [1.54, 1.807) is 28.1 Å². The zero-order chi connectivity index (χ0) is 21.5. The van der Waals surface area contributed by atoms with Crippen LogP contribution in [0, 0.1) is 11.3 Å². The zero-order valence-electron chi connectivity index (χ0n) is 17.3. The first-order chi connectivity index (χ1) is 14.5. The summed E-state index contributed by atoms with van der Waals surface area (Å²) in [5.41, 5.74) is 1.12. The zero-order valence-corrected chi connectivity index (χ0v) is 17.3. The lowest BCUT2D eigenvalue weighted by atomic mass is 10.1. The predicted molar refractivity (Wildman–Crippen MR) is 112 cm³/mol. The highest BCUT2D eigenvalue weighted by atomic mass is 16.3. The van der Waals surface area contributed by atoms with Crippen molar-refractivity contribution in [1.82, 2.24) is 14.7 Å². The SMILES string of the molecule is CC(C)N(Cc1ccccc1)C(=O)/C(C#N)=C\N1CCN(C(=O)c2ccco2)CC1. The first-order valence-corrected chi connectivity index (χ1v) is 10.0. The predicted octanol–water partition coefficient (Wildman–Crippen LogP) is 2.88. The van der Waals surface area contributed by atoms with Crippen LogP contribution in [-0.2, 0) is 11.3 Å². The molecule has 0 radical (unpaired) electrons. The molecule has 0 bridgehead atoms. The van der Waals surface area contributed by atoms with Gasteiger partial charge in [0, 0.05) is 45.0 Å². The van der Waals surface area contributed by atoms with Crippen molar-refractivity contribution in [1.29, 1.82) is 5.26 Å². The van der Waals surface area contributed by atoms with Crippen LogP contribution < -0.4 is 0 Å². The largest absolute Gasteiger partial charge is 0.459 e. The molecule has 2 heterocycles. The van der Waals surface area contributed by atoms with Crippen LogP contribution in [0.15, 0.2) is 64.9 Å². The molecule has 2 amide bonds. The molecular weight excluding hydrogens is 380 g/mol. The first kappa shape index (κ1) is 21.2. The third kappa shape index (κ3) is 5.09. The van der Waals surface area contributed by atoms with Crippen LogP contribution in [-0.4, -0.2) is 58.7 Å². The minimum absolute atomic E-state index is 0.0442. The van der Waals surface area contributed by atoms with Gasteiger partial charge in [-0.1, -0.05) is 30.3 Å². The average Bonchev–Trinajstić information content (AvgIpc) is 3.31. The highest BCUT2D eigenvalue weighted by molar-refractivity contribution is 5.97. The Morgan fingerprint density at radius 3 is 2.40 bits per heavy atom. The van der Waals surface area contributed by atoms with Crippen LogP contribution in [0.25, 0.3) is 0 Å². The number of nitrogens with zero attached hydrogens (tertiary/aromatic N) is 4. The molecule has 1 aromatic heterocycles. The second kappa shape index (κ2) is 9.79. The molecule has 1 aromatic carbocycles. The fourth-order valence-corrected chi connectivity index (χ4v) is 3.35. The number of carbonyl (C=O) groups is 2. The van der Waals surface area contributed by atoms with Crippen LogP contribution >= 0.6 is 0 Å². The summed E-state index contributed by atoms with van der Waals surface area (Å²) in [7, 11) is 0. The van der Waals surface area contributed by atoms with E-state index in [1.807, 2.05) is 49.1 Å². The molecule has 0 aliphatic carbocycles. The minimum Gasteiger partial charge on any atom is -0.459 e. The van der Waals surface area contributed by atoms with Gasteiger partial charge in [0.25, 0.3) is 11.8 Å². The number of carbonyl (C=O) groups excluding carboxylic acids is 2. The van der Waals surface area contributed by atoms with Gasteiger partial charge in [0.1, 0.15) is 11.6 Å². The fourth-order valence-electron chi connectivity index (χ4n) is 3.35. The standard InChI is InChI=1S/C23H26N4O3/c1-18(2)27(16-19-7-4-3-5-8-19)22(28)20(15-24)17-25-10-12-26(13-11-25)23(29)21-9-6-14-30-21/h3-9,14,17-18H,10-13,16H2,1-2H3/b20-17-. The van der Waals surface area contributed by atoms with Gasteiger partial charge in [-0.15, -0.1) is 0 Å². The number of nitriles is 1. The van der Waals surface area contributed by atoms with Crippen molar-refractivity contribution in [3.05, 3.63) is 71.8 Å². The van der Waals surface area contributed by atoms with Gasteiger partial charge >= 0.3 is 0 Å². The molecule has 30 heavy (non-hydrogen) atoms. The number of piperazine rings is 1. The summed E-state index contributed by atoms with van der Waals surface area (Å²) < 4.78 is 5.18. The summed E-state index contributed by atoms with van der Waals surface area (Å²) in [6, 6.07) is 15.1. The van der Waals surface area contributed by atoms with E-state index in [-0.39, 0.29) is 23.4 Å². The Balaban J connectivity index is 1.65. The minimum atomic E-state index is -0.287. The van der Waals surface area contributed by atoms with E-state index >= 15 is 0 Å². The van der Waals surface area contributed by atoms with Gasteiger partial charge in [-0.2, -0.15) is 5.26 Å². The van der Waals surface area contributed by atoms with Crippen molar-refractivity contribution in [2.24, 2.45) is 0 Å². The Kier molecular flexibility index (Phi) is 6.91. The van der Waals surface area contributed by atoms with Crippen molar-refractivity contribution in [2.45, 2.75) is 26.4 Å². The van der Waals surface area contributed by atoms with Crippen LogP contribution in [0.3, 0.4) is 0 Å². The Bertz CT molecular complexity index is 921. The normalized spacial score (nSPS) is 14.5. The molecule has 7 nitrogen and oxygen atoms in total. The number of benzene rings is 1. The molecule has 0 spiro atoms. The van der Waals surface area contributed by atoms with Gasteiger partial charge in [-0.3, -0.25) is 9.59 Å². The van der Waals surface area contributed by atoms with Crippen molar-refractivity contribution < 1.29 is 14.0 Å². The monoisotopic (exact) mass is 406 g/mol. The van der Waals surface area contributed by atoms with Crippen molar-refractivity contribution in [3.63, 3.8) is 0 Å². The van der Waals surface area contributed by atoms with Crippen LogP contribution in [0.4, 0.5) is 0 Å². The third-order valence-electron chi connectivity index (χ3n) is 5.08. The molecule has 7 heteroatoms. The van der Waals surface area contributed by atoms with E-state index in [1.165, 1.54) is 6.26 Å². The molecular formula is C23H26N4O3. The smallest absolute Gasteiger partial charge is 0.289 e. The molecule has 2 aromatic rings. The third-order valence-corrected chi connectivity index (χ3v) is 5.08. The number of hydrogen-bond acceptors (Lipinski definition) is 5. The van der Waals surface area contributed by atoms with E-state index in [0.717, 1.165) is 5.56 Å². The summed E-state index contributed by atoms with van der Waals surface area (Å²) in [5, 5.41) is 9.62. The molecule has 1 aliphatic heterocycles. The highest BCUT2D eigenvalue weighted by Crippen LogP contribution is 2.15. The van der Waals surface area contributed by atoms with E-state index in [0.29, 0.717) is 38.5 Å². The van der Waals surface area contributed by atoms with Crippen molar-refractivity contribution >= 4 is 11.8 Å². The van der Waals surface area contributed by atoms with E-state index in [9.17, 15) is 14.9 Å². The van der Waals surface area contributed by atoms with E-state index in [2.05, 4.69) is 6.07 Å². The van der Waals surface area contributed by atoms with Gasteiger partial charge in [-0.25, -0.2) is 0 Å². The molecule has 1 saturated heterocycles. The van der Waals surface area contributed by atoms with Gasteiger partial charge < -0.3 is 19.1 Å². The number of rotatable bonds is 6. The molecule has 3 rings (SSSR count). The first-order valence-electron chi connectivity index (χ1n) is 10.0. The van der Waals surface area contributed by atoms with Crippen LogP contribution in [0.1, 0.15) is 30.0 Å². The second-order valence-electron chi connectivity index (χ2n) is 7.47. The fraction of sp³-hybridized carbons (Fsp3) is 0.348. The molecule has 0 unspecified atom stereocenters. The summed E-state index contributed by atoms with van der Waals surface area (Å²) in [6.45, 7) is 6.42. The number of furan rings is 1. The van der Waals surface area contributed by atoms with Gasteiger partial charge in [-0.05, 0) is 31.5 Å². The Hall–Kier alpha value is -3.53. The number of amides is 2. The van der Waals surface area contributed by atoms with Gasteiger partial charge in [0.2, 0.25) is 0 Å². The van der Waals surface area contributed by atoms with Gasteiger partial charge in [0.05, 0.1) is 6.26 Å². The average molecular weight is 406 g/mol. The van der Waals surface area contributed by atoms with Gasteiger partial charge in [0.15, 0.2) is 5.76 Å². The Labute approximate surface area is 176 Å². The topological polar surface area (TPSA) is 80.8 Å². The molecule has 1 fully saturated rings. The molecule has 0 saturated carbocycles. The van der Waals surface area contributed by atoms with E-state index in [4.69, 9.17) is 4.42 Å². The number of hydrogen-bond donors (Lipinski definition) is 0. The maximum atomic E-state index is 13.1. The second-order valence-corrected chi connectivity index (χ2v) is 7.47.